The van der Waals surface area contributed by atoms with E-state index in [4.69, 9.17) is 4.74 Å². The molecule has 0 bridgehead atoms. The van der Waals surface area contributed by atoms with Crippen molar-refractivity contribution < 1.29 is 26.7 Å². The van der Waals surface area contributed by atoms with Crippen LogP contribution in [-0.2, 0) is 26.2 Å². The van der Waals surface area contributed by atoms with E-state index in [-0.39, 0.29) is 23.3 Å². The lowest BCUT2D eigenvalue weighted by atomic mass is 9.91. The molecule has 1 spiro atoms. The van der Waals surface area contributed by atoms with Crippen LogP contribution in [0.5, 0.6) is 0 Å². The van der Waals surface area contributed by atoms with E-state index in [0.29, 0.717) is 30.7 Å². The largest absolute Gasteiger partial charge is 0.368 e. The van der Waals surface area contributed by atoms with Crippen molar-refractivity contribution >= 4 is 16.1 Å². The molecule has 5 rings (SSSR count). The van der Waals surface area contributed by atoms with E-state index in [1.807, 2.05) is 0 Å². The Labute approximate surface area is 204 Å². The van der Waals surface area contributed by atoms with Gasteiger partial charge in [-0.05, 0) is 42.5 Å². The Morgan fingerprint density at radius 3 is 2.51 bits per heavy atom. The summed E-state index contributed by atoms with van der Waals surface area (Å²) in [6.45, 7) is 0.920. The smallest absolute Gasteiger partial charge is 0.279 e. The number of carbonyl (C=O) groups excluding carboxylic acids is 1. The summed E-state index contributed by atoms with van der Waals surface area (Å²) in [5.74, 6) is -1.15. The van der Waals surface area contributed by atoms with Gasteiger partial charge in [0.15, 0.2) is 0 Å². The zero-order chi connectivity index (χ0) is 25.0. The molecule has 0 aromatic heterocycles. The summed E-state index contributed by atoms with van der Waals surface area (Å²) < 4.78 is 64.4. The molecule has 3 fully saturated rings. The number of hydrogen-bond acceptors (Lipinski definition) is 4. The fourth-order valence-electron chi connectivity index (χ4n) is 5.17. The predicted octanol–water partition coefficient (Wildman–Crippen LogP) is 2.72. The van der Waals surface area contributed by atoms with Crippen molar-refractivity contribution in [3.63, 3.8) is 0 Å². The number of carbonyl (C=O) groups is 1. The Balaban J connectivity index is 1.51. The number of rotatable bonds is 7. The molecule has 2 heterocycles. The lowest BCUT2D eigenvalue weighted by Crippen LogP contribution is -2.54. The topological polar surface area (TPSA) is 79.0 Å². The molecule has 0 unspecified atom stereocenters. The Morgan fingerprint density at radius 1 is 1.20 bits per heavy atom. The van der Waals surface area contributed by atoms with Gasteiger partial charge in [-0.15, -0.1) is 0 Å². The average Bonchev–Trinajstić information content (AvgIpc) is 3.49. The van der Waals surface area contributed by atoms with Crippen LogP contribution in [0.4, 0.5) is 8.78 Å². The summed E-state index contributed by atoms with van der Waals surface area (Å²) in [7, 11) is -0.899. The van der Waals surface area contributed by atoms with Gasteiger partial charge in [0, 0.05) is 38.0 Å². The lowest BCUT2D eigenvalue weighted by molar-refractivity contribution is -0.157. The van der Waals surface area contributed by atoms with E-state index in [0.717, 1.165) is 17.1 Å². The van der Waals surface area contributed by atoms with Gasteiger partial charge in [-0.3, -0.25) is 4.79 Å². The van der Waals surface area contributed by atoms with E-state index in [9.17, 15) is 17.6 Å². The van der Waals surface area contributed by atoms with Gasteiger partial charge in [-0.1, -0.05) is 30.3 Å². The van der Waals surface area contributed by atoms with E-state index >= 15 is 4.39 Å². The molecule has 10 heteroatoms. The number of hydrogen-bond donors (Lipinski definition) is 1. The van der Waals surface area contributed by atoms with Gasteiger partial charge in [0.1, 0.15) is 17.7 Å². The summed E-state index contributed by atoms with van der Waals surface area (Å²) >= 11 is 0. The molecule has 35 heavy (non-hydrogen) atoms. The van der Waals surface area contributed by atoms with Gasteiger partial charge in [-0.2, -0.15) is 17.4 Å². The number of nitrogens with zero attached hydrogens (tertiary/aromatic N) is 2. The minimum absolute atomic E-state index is 0.121. The van der Waals surface area contributed by atoms with Crippen LogP contribution in [0.2, 0.25) is 0 Å². The SMILES string of the molecule is CN(C)S(=O)(=O)N[C@@H]1[C@H](Cc2cccc(-c3cccc(F)c3)c2F)N(C(=O)[C@H]2CCO2)CC12CC2. The first-order valence-corrected chi connectivity index (χ1v) is 13.2. The van der Waals surface area contributed by atoms with Gasteiger partial charge < -0.3 is 9.64 Å². The lowest BCUT2D eigenvalue weighted by Gasteiger charge is -2.34. The highest BCUT2D eigenvalue weighted by Gasteiger charge is 2.62. The molecule has 7 nitrogen and oxygen atoms in total. The maximum absolute atomic E-state index is 15.7. The van der Waals surface area contributed by atoms with Crippen LogP contribution in [0, 0.1) is 17.0 Å². The number of nitrogens with one attached hydrogen (secondary N) is 1. The molecule has 2 aliphatic heterocycles. The maximum atomic E-state index is 15.7. The molecule has 2 saturated heterocycles. The highest BCUT2D eigenvalue weighted by Crippen LogP contribution is 2.56. The van der Waals surface area contributed by atoms with Crippen molar-refractivity contribution in [2.75, 3.05) is 27.2 Å². The standard InChI is InChI=1S/C25H29F2N3O4S/c1-29(2)35(32,33)28-23-20(30(15-25(23)10-11-25)24(31)21-9-12-34-21)14-17-6-4-8-19(22(17)27)16-5-3-7-18(26)13-16/h3-8,13,20-21,23,28H,9-12,14-15H2,1-2H3/t20-,21+,23+/m0/s1. The summed E-state index contributed by atoms with van der Waals surface area (Å²) in [6, 6.07) is 9.50. The van der Waals surface area contributed by atoms with Gasteiger partial charge in [0.2, 0.25) is 0 Å². The molecule has 1 amide bonds. The quantitative estimate of drug-likeness (QED) is 0.628. The van der Waals surface area contributed by atoms with E-state index in [2.05, 4.69) is 4.72 Å². The first-order chi connectivity index (χ1) is 16.6. The summed E-state index contributed by atoms with van der Waals surface area (Å²) in [4.78, 5) is 15.0. The molecule has 1 aliphatic carbocycles. The highest BCUT2D eigenvalue weighted by molar-refractivity contribution is 7.87. The molecule has 188 valence electrons. The molecule has 3 atom stereocenters. The third-order valence-corrected chi connectivity index (χ3v) is 8.99. The van der Waals surface area contributed by atoms with Crippen LogP contribution < -0.4 is 4.72 Å². The zero-order valence-electron chi connectivity index (χ0n) is 19.7. The number of benzene rings is 2. The average molecular weight is 506 g/mol. The second-order valence-corrected chi connectivity index (χ2v) is 11.8. The monoisotopic (exact) mass is 505 g/mol. The third-order valence-electron chi connectivity index (χ3n) is 7.48. The van der Waals surface area contributed by atoms with Crippen molar-refractivity contribution in [1.29, 1.82) is 0 Å². The van der Waals surface area contributed by atoms with Crippen molar-refractivity contribution in [1.82, 2.24) is 13.9 Å². The van der Waals surface area contributed by atoms with E-state index in [1.54, 1.807) is 29.2 Å². The molecular weight excluding hydrogens is 476 g/mol. The number of likely N-dealkylation sites (tertiary alicyclic amines) is 1. The second-order valence-electron chi connectivity index (χ2n) is 9.92. The van der Waals surface area contributed by atoms with Crippen LogP contribution in [0.1, 0.15) is 24.8 Å². The van der Waals surface area contributed by atoms with E-state index < -0.39 is 40.0 Å². The Hall–Kier alpha value is -2.40. The fraction of sp³-hybridized carbons (Fsp3) is 0.480. The van der Waals surface area contributed by atoms with Crippen molar-refractivity contribution in [2.45, 2.75) is 43.9 Å². The van der Waals surface area contributed by atoms with Crippen LogP contribution in [-0.4, -0.2) is 69.0 Å². The van der Waals surface area contributed by atoms with Crippen LogP contribution in [0.25, 0.3) is 11.1 Å². The summed E-state index contributed by atoms with van der Waals surface area (Å²) in [5.41, 5.74) is 0.641. The normalized spacial score (nSPS) is 25.2. The predicted molar refractivity (Wildman–Crippen MR) is 127 cm³/mol. The van der Waals surface area contributed by atoms with Gasteiger partial charge in [0.05, 0.1) is 18.7 Å². The van der Waals surface area contributed by atoms with Crippen molar-refractivity contribution in [3.8, 4) is 11.1 Å². The molecule has 1 saturated carbocycles. The Kier molecular flexibility index (Phi) is 6.19. The first kappa shape index (κ1) is 24.3. The molecule has 3 aliphatic rings. The van der Waals surface area contributed by atoms with Gasteiger partial charge >= 0.3 is 0 Å². The molecule has 2 aromatic carbocycles. The van der Waals surface area contributed by atoms with Gasteiger partial charge in [-0.25, -0.2) is 8.78 Å². The van der Waals surface area contributed by atoms with Crippen LogP contribution in [0.15, 0.2) is 42.5 Å². The fourth-order valence-corrected chi connectivity index (χ4v) is 6.11. The molecular formula is C25H29F2N3O4S. The van der Waals surface area contributed by atoms with Gasteiger partial charge in [0.25, 0.3) is 16.1 Å². The number of halogens is 2. The third kappa shape index (κ3) is 4.48. The number of amides is 1. The molecule has 1 N–H and O–H groups in total. The summed E-state index contributed by atoms with van der Waals surface area (Å²) in [6.07, 6.45) is 1.76. The van der Waals surface area contributed by atoms with Crippen molar-refractivity contribution in [3.05, 3.63) is 59.7 Å². The van der Waals surface area contributed by atoms with E-state index in [1.165, 1.54) is 32.3 Å². The maximum Gasteiger partial charge on any atom is 0.279 e. The summed E-state index contributed by atoms with van der Waals surface area (Å²) in [5, 5.41) is 0. The Bertz CT molecular complexity index is 1250. The first-order valence-electron chi connectivity index (χ1n) is 11.8. The minimum atomic E-state index is -3.79. The van der Waals surface area contributed by atoms with Crippen molar-refractivity contribution in [2.24, 2.45) is 5.41 Å². The second kappa shape index (κ2) is 8.92. The molecule has 2 aromatic rings. The van der Waals surface area contributed by atoms with Crippen LogP contribution in [0.3, 0.4) is 0 Å². The minimum Gasteiger partial charge on any atom is -0.368 e. The Morgan fingerprint density at radius 2 is 1.91 bits per heavy atom. The highest BCUT2D eigenvalue weighted by atomic mass is 32.2. The number of ether oxygens (including phenoxy) is 1. The molecule has 0 radical (unpaired) electrons. The van der Waals surface area contributed by atoms with Crippen LogP contribution >= 0.6 is 0 Å². The zero-order valence-corrected chi connectivity index (χ0v) is 20.5.